The van der Waals surface area contributed by atoms with E-state index < -0.39 is 11.3 Å². The summed E-state index contributed by atoms with van der Waals surface area (Å²) in [5.41, 5.74) is -0.411. The van der Waals surface area contributed by atoms with Crippen LogP contribution in [0, 0.1) is 0 Å². The molecule has 0 aliphatic carbocycles. The normalized spacial score (nSPS) is 35.8. The molecule has 0 aromatic heterocycles. The smallest absolute Gasteiger partial charge is 0.233 e. The molecule has 0 spiro atoms. The highest BCUT2D eigenvalue weighted by Crippen LogP contribution is 2.34. The molecule has 1 aliphatic rings. The van der Waals surface area contributed by atoms with E-state index in [1.54, 1.807) is 0 Å². The molecule has 1 heterocycles. The molecule has 1 N–H and O–H groups in total. The van der Waals surface area contributed by atoms with Gasteiger partial charge in [0.05, 0.1) is 5.54 Å². The van der Waals surface area contributed by atoms with E-state index >= 15 is 0 Å². The van der Waals surface area contributed by atoms with E-state index in [9.17, 15) is 9.90 Å². The Bertz CT molecular complexity index is 177. The SMILES string of the molecule is CC1(O)CC(C)(C)N(C=O)O1. The molecule has 0 bridgehead atoms. The monoisotopic (exact) mass is 159 g/mol. The average Bonchev–Trinajstić information content (AvgIpc) is 1.99. The predicted molar refractivity (Wildman–Crippen MR) is 38.3 cm³/mol. The van der Waals surface area contributed by atoms with Gasteiger partial charge in [0.1, 0.15) is 0 Å². The van der Waals surface area contributed by atoms with Crippen LogP contribution in [0.5, 0.6) is 0 Å². The molecule has 1 unspecified atom stereocenters. The standard InChI is InChI=1S/C7H13NO3/c1-6(2)4-7(3,10)11-8(6)5-9/h5,10H,4H2,1-3H3. The maximum absolute atomic E-state index is 10.4. The highest BCUT2D eigenvalue weighted by Gasteiger charge is 2.45. The van der Waals surface area contributed by atoms with Crippen molar-refractivity contribution in [3.05, 3.63) is 0 Å². The van der Waals surface area contributed by atoms with Crippen LogP contribution in [0.2, 0.25) is 0 Å². The van der Waals surface area contributed by atoms with Gasteiger partial charge in [0, 0.05) is 6.42 Å². The topological polar surface area (TPSA) is 49.8 Å². The molecule has 1 saturated heterocycles. The minimum atomic E-state index is -1.20. The van der Waals surface area contributed by atoms with Crippen LogP contribution in [0.3, 0.4) is 0 Å². The quantitative estimate of drug-likeness (QED) is 0.558. The summed E-state index contributed by atoms with van der Waals surface area (Å²) in [7, 11) is 0. The van der Waals surface area contributed by atoms with Crippen LogP contribution in [0.15, 0.2) is 0 Å². The Balaban J connectivity index is 2.79. The number of carbonyl (C=O) groups is 1. The summed E-state index contributed by atoms with van der Waals surface area (Å²) in [5.74, 6) is -1.20. The number of aliphatic hydroxyl groups is 1. The summed E-state index contributed by atoms with van der Waals surface area (Å²) in [6.45, 7) is 5.21. The zero-order valence-electron chi connectivity index (χ0n) is 7.00. The van der Waals surface area contributed by atoms with E-state index in [0.717, 1.165) is 5.06 Å². The highest BCUT2D eigenvalue weighted by atomic mass is 16.8. The van der Waals surface area contributed by atoms with Crippen LogP contribution < -0.4 is 0 Å². The Morgan fingerprint density at radius 3 is 2.27 bits per heavy atom. The summed E-state index contributed by atoms with van der Waals surface area (Å²) in [4.78, 5) is 15.3. The maximum atomic E-state index is 10.4. The first kappa shape index (κ1) is 8.49. The fourth-order valence-corrected chi connectivity index (χ4v) is 1.41. The maximum Gasteiger partial charge on any atom is 0.233 e. The first-order chi connectivity index (χ1) is 4.87. The van der Waals surface area contributed by atoms with Gasteiger partial charge in [0.25, 0.3) is 0 Å². The molecule has 1 aliphatic heterocycles. The summed E-state index contributed by atoms with van der Waals surface area (Å²) >= 11 is 0. The van der Waals surface area contributed by atoms with E-state index in [2.05, 4.69) is 0 Å². The van der Waals surface area contributed by atoms with Gasteiger partial charge >= 0.3 is 0 Å². The van der Waals surface area contributed by atoms with Gasteiger partial charge in [-0.2, -0.15) is 0 Å². The van der Waals surface area contributed by atoms with E-state index in [1.807, 2.05) is 13.8 Å². The predicted octanol–water partition coefficient (Wildman–Crippen LogP) is 0.267. The van der Waals surface area contributed by atoms with Crippen molar-refractivity contribution in [2.75, 3.05) is 0 Å². The Morgan fingerprint density at radius 2 is 2.09 bits per heavy atom. The molecule has 4 nitrogen and oxygen atoms in total. The first-order valence-corrected chi connectivity index (χ1v) is 3.53. The Morgan fingerprint density at radius 1 is 1.55 bits per heavy atom. The van der Waals surface area contributed by atoms with Crippen LogP contribution in [0.4, 0.5) is 0 Å². The third-order valence-electron chi connectivity index (χ3n) is 1.75. The molecule has 1 amide bonds. The molecule has 64 valence electrons. The van der Waals surface area contributed by atoms with Gasteiger partial charge in [-0.25, -0.2) is 9.90 Å². The van der Waals surface area contributed by atoms with Crippen LogP contribution in [0.1, 0.15) is 27.2 Å². The van der Waals surface area contributed by atoms with Gasteiger partial charge < -0.3 is 5.11 Å². The van der Waals surface area contributed by atoms with Gasteiger partial charge in [-0.1, -0.05) is 0 Å². The number of hydroxylamine groups is 2. The van der Waals surface area contributed by atoms with E-state index in [0.29, 0.717) is 12.8 Å². The molecular formula is C7H13NO3. The number of amides is 1. The summed E-state index contributed by atoms with van der Waals surface area (Å²) < 4.78 is 0. The van der Waals surface area contributed by atoms with Crippen LogP contribution in [-0.4, -0.2) is 27.9 Å². The highest BCUT2D eigenvalue weighted by molar-refractivity contribution is 5.47. The Kier molecular flexibility index (Phi) is 1.69. The van der Waals surface area contributed by atoms with Gasteiger partial charge in [-0.3, -0.25) is 4.79 Å². The van der Waals surface area contributed by atoms with Crippen molar-refractivity contribution in [2.24, 2.45) is 0 Å². The summed E-state index contributed by atoms with van der Waals surface area (Å²) in [6.07, 6.45) is 1.01. The Hall–Kier alpha value is -0.610. The van der Waals surface area contributed by atoms with E-state index in [-0.39, 0.29) is 0 Å². The van der Waals surface area contributed by atoms with Gasteiger partial charge in [0.2, 0.25) is 6.41 Å². The van der Waals surface area contributed by atoms with E-state index in [1.165, 1.54) is 6.92 Å². The van der Waals surface area contributed by atoms with E-state index in [4.69, 9.17) is 4.84 Å². The van der Waals surface area contributed by atoms with Gasteiger partial charge in [-0.05, 0) is 20.8 Å². The lowest BCUT2D eigenvalue weighted by Crippen LogP contribution is -2.35. The summed E-state index contributed by atoms with van der Waals surface area (Å²) in [5, 5.41) is 10.6. The lowest BCUT2D eigenvalue weighted by atomic mass is 9.97. The average molecular weight is 159 g/mol. The van der Waals surface area contributed by atoms with Crippen molar-refractivity contribution >= 4 is 6.41 Å². The molecule has 1 fully saturated rings. The van der Waals surface area contributed by atoms with Crippen LogP contribution in [0.25, 0.3) is 0 Å². The second-order valence-electron chi connectivity index (χ2n) is 3.69. The fourth-order valence-electron chi connectivity index (χ4n) is 1.41. The summed E-state index contributed by atoms with van der Waals surface area (Å²) in [6, 6.07) is 0. The van der Waals surface area contributed by atoms with Crippen molar-refractivity contribution in [3.63, 3.8) is 0 Å². The molecule has 1 rings (SSSR count). The lowest BCUT2D eigenvalue weighted by molar-refractivity contribution is -0.266. The molecule has 4 heteroatoms. The Labute approximate surface area is 65.7 Å². The molecule has 0 saturated carbocycles. The van der Waals surface area contributed by atoms with Crippen molar-refractivity contribution < 1.29 is 14.7 Å². The third kappa shape index (κ3) is 1.52. The number of rotatable bonds is 1. The van der Waals surface area contributed by atoms with Crippen molar-refractivity contribution in [1.29, 1.82) is 0 Å². The fraction of sp³-hybridized carbons (Fsp3) is 0.857. The second-order valence-corrected chi connectivity index (χ2v) is 3.69. The number of hydrogen-bond donors (Lipinski definition) is 1. The molecule has 0 aromatic carbocycles. The second kappa shape index (κ2) is 2.19. The third-order valence-corrected chi connectivity index (χ3v) is 1.75. The molecule has 11 heavy (non-hydrogen) atoms. The van der Waals surface area contributed by atoms with Crippen molar-refractivity contribution in [1.82, 2.24) is 5.06 Å². The van der Waals surface area contributed by atoms with Crippen LogP contribution in [-0.2, 0) is 9.63 Å². The van der Waals surface area contributed by atoms with Gasteiger partial charge in [-0.15, -0.1) is 0 Å². The first-order valence-electron chi connectivity index (χ1n) is 3.53. The molecule has 0 aromatic rings. The largest absolute Gasteiger partial charge is 0.364 e. The van der Waals surface area contributed by atoms with Crippen LogP contribution >= 0.6 is 0 Å². The number of carbonyl (C=O) groups excluding carboxylic acids is 1. The number of hydrogen-bond acceptors (Lipinski definition) is 3. The zero-order valence-corrected chi connectivity index (χ0v) is 7.00. The zero-order chi connectivity index (χ0) is 8.70. The molecule has 1 atom stereocenters. The molecular weight excluding hydrogens is 146 g/mol. The van der Waals surface area contributed by atoms with Crippen molar-refractivity contribution in [2.45, 2.75) is 38.5 Å². The molecule has 0 radical (unpaired) electrons. The number of nitrogens with zero attached hydrogens (tertiary/aromatic N) is 1. The minimum absolute atomic E-state index is 0.411. The lowest BCUT2D eigenvalue weighted by Gasteiger charge is -2.23. The van der Waals surface area contributed by atoms with Gasteiger partial charge in [0.15, 0.2) is 5.79 Å². The minimum Gasteiger partial charge on any atom is -0.364 e. The van der Waals surface area contributed by atoms with Crippen molar-refractivity contribution in [3.8, 4) is 0 Å².